The highest BCUT2D eigenvalue weighted by atomic mass is 16.5. The van der Waals surface area contributed by atoms with Gasteiger partial charge in [0.25, 0.3) is 0 Å². The maximum absolute atomic E-state index is 9.30. The first kappa shape index (κ1) is 18.8. The molecule has 2 aromatic carbocycles. The summed E-state index contributed by atoms with van der Waals surface area (Å²) in [7, 11) is 1.61. The van der Waals surface area contributed by atoms with E-state index in [4.69, 9.17) is 4.74 Å². The number of benzene rings is 2. The van der Waals surface area contributed by atoms with Gasteiger partial charge in [-0.2, -0.15) is 10.4 Å². The molecule has 4 rings (SSSR count). The Morgan fingerprint density at radius 1 is 1.30 bits per heavy atom. The monoisotopic (exact) mass is 366 g/mol. The van der Waals surface area contributed by atoms with Gasteiger partial charge in [-0.25, -0.2) is 0 Å². The van der Waals surface area contributed by atoms with Crippen LogP contribution in [0, 0.1) is 18.3 Å². The molecule has 3 aromatic rings. The van der Waals surface area contributed by atoms with E-state index in [0.29, 0.717) is 11.3 Å². The van der Waals surface area contributed by atoms with Crippen molar-refractivity contribution in [2.45, 2.75) is 46.1 Å². The van der Waals surface area contributed by atoms with Crippen molar-refractivity contribution in [1.29, 1.82) is 5.26 Å². The Bertz CT molecular complexity index is 994. The second-order valence-corrected chi connectivity index (χ2v) is 6.53. The van der Waals surface area contributed by atoms with E-state index in [0.717, 1.165) is 41.5 Å². The molecule has 0 radical (unpaired) electrons. The van der Waals surface area contributed by atoms with Crippen molar-refractivity contribution < 1.29 is 7.59 Å². The number of H-pyrrole nitrogens is 1. The molecule has 1 atom stereocenters. The molecule has 0 aliphatic heterocycles. The van der Waals surface area contributed by atoms with E-state index in [2.05, 4.69) is 33.7 Å². The summed E-state index contributed by atoms with van der Waals surface area (Å²) in [6.07, 6.45) is 3.17. The van der Waals surface area contributed by atoms with E-state index in [1.165, 1.54) is 11.1 Å². The second kappa shape index (κ2) is 8.13. The Balaban J connectivity index is 0.00000102. The SMILES string of the molecule is CC.COc1cc2c(cc1C#N)CCCC2Nc1ccc2n[nH]c(C)c2c1.[HH].[HH]. The van der Waals surface area contributed by atoms with Gasteiger partial charge in [-0.15, -0.1) is 0 Å². The summed E-state index contributed by atoms with van der Waals surface area (Å²) < 4.78 is 5.40. The lowest BCUT2D eigenvalue weighted by Gasteiger charge is -2.28. The molecule has 5 nitrogen and oxygen atoms in total. The van der Waals surface area contributed by atoms with Gasteiger partial charge in [0.05, 0.1) is 24.2 Å². The standard InChI is InChI=1S/C20H20N4O.C2H6.2H2/c1-12-16-9-15(6-7-19(16)24-23-12)22-18-5-3-4-13-8-14(11-21)20(25-2)10-17(13)18;1-2;;/h6-10,18,22H,3-5H2,1-2H3,(H,23,24);1-2H3;2*1H. The van der Waals surface area contributed by atoms with E-state index in [9.17, 15) is 5.26 Å². The number of aromatic amines is 1. The third-order valence-corrected chi connectivity index (χ3v) is 4.98. The molecular formula is C22H30N4O. The third kappa shape index (κ3) is 3.61. The number of fused-ring (bicyclic) bond motifs is 2. The zero-order valence-electron chi connectivity index (χ0n) is 16.4. The largest absolute Gasteiger partial charge is 0.495 e. The molecule has 144 valence electrons. The number of nitrogens with one attached hydrogen (secondary N) is 2. The van der Waals surface area contributed by atoms with E-state index >= 15 is 0 Å². The average Bonchev–Trinajstić information content (AvgIpc) is 3.09. The number of aryl methyl sites for hydroxylation is 2. The maximum Gasteiger partial charge on any atom is 0.136 e. The summed E-state index contributed by atoms with van der Waals surface area (Å²) in [6.45, 7) is 6.03. The van der Waals surface area contributed by atoms with Gasteiger partial charge in [-0.1, -0.05) is 13.8 Å². The number of hydrogen-bond donors (Lipinski definition) is 2. The maximum atomic E-state index is 9.30. The minimum absolute atomic E-state index is 0. The highest BCUT2D eigenvalue weighted by molar-refractivity contribution is 5.84. The number of nitriles is 1. The van der Waals surface area contributed by atoms with Gasteiger partial charge in [0.15, 0.2) is 0 Å². The number of anilines is 1. The summed E-state index contributed by atoms with van der Waals surface area (Å²) in [6, 6.07) is 12.7. The number of aromatic nitrogens is 2. The smallest absolute Gasteiger partial charge is 0.136 e. The highest BCUT2D eigenvalue weighted by Crippen LogP contribution is 2.36. The Morgan fingerprint density at radius 2 is 2.11 bits per heavy atom. The Labute approximate surface area is 163 Å². The molecule has 0 spiro atoms. The zero-order valence-corrected chi connectivity index (χ0v) is 16.4. The predicted molar refractivity (Wildman–Crippen MR) is 113 cm³/mol. The molecule has 2 N–H and O–H groups in total. The molecule has 1 unspecified atom stereocenters. The molecule has 0 amide bonds. The van der Waals surface area contributed by atoms with Crippen LogP contribution in [0.2, 0.25) is 0 Å². The molecule has 0 bridgehead atoms. The minimum atomic E-state index is 0. The number of methoxy groups -OCH3 is 1. The van der Waals surface area contributed by atoms with Crippen LogP contribution in [0.3, 0.4) is 0 Å². The molecule has 0 fully saturated rings. The Morgan fingerprint density at radius 3 is 2.85 bits per heavy atom. The molecule has 5 heteroatoms. The van der Waals surface area contributed by atoms with E-state index in [-0.39, 0.29) is 8.90 Å². The Hall–Kier alpha value is -3.00. The molecule has 1 heterocycles. The fourth-order valence-corrected chi connectivity index (χ4v) is 3.67. The first-order chi connectivity index (χ1) is 13.2. The molecule has 1 aromatic heterocycles. The lowest BCUT2D eigenvalue weighted by Crippen LogP contribution is -2.18. The molecule has 0 saturated heterocycles. The molecule has 0 saturated carbocycles. The first-order valence-corrected chi connectivity index (χ1v) is 9.52. The van der Waals surface area contributed by atoms with Crippen LogP contribution in [0.25, 0.3) is 10.9 Å². The quantitative estimate of drug-likeness (QED) is 0.618. The van der Waals surface area contributed by atoms with Crippen LogP contribution in [-0.4, -0.2) is 17.3 Å². The van der Waals surface area contributed by atoms with E-state index in [1.54, 1.807) is 7.11 Å². The van der Waals surface area contributed by atoms with Gasteiger partial charge in [0, 0.05) is 19.6 Å². The van der Waals surface area contributed by atoms with Gasteiger partial charge >= 0.3 is 0 Å². The molecular weight excluding hydrogens is 336 g/mol. The minimum Gasteiger partial charge on any atom is -0.495 e. The fraction of sp³-hybridized carbons (Fsp3) is 0.364. The number of hydrogen-bond acceptors (Lipinski definition) is 4. The van der Waals surface area contributed by atoms with Crippen molar-refractivity contribution in [2.24, 2.45) is 0 Å². The van der Waals surface area contributed by atoms with Crippen LogP contribution >= 0.6 is 0 Å². The van der Waals surface area contributed by atoms with E-state index < -0.39 is 0 Å². The Kier molecular flexibility index (Phi) is 5.66. The van der Waals surface area contributed by atoms with Crippen LogP contribution in [-0.2, 0) is 6.42 Å². The van der Waals surface area contributed by atoms with E-state index in [1.807, 2.05) is 39.0 Å². The van der Waals surface area contributed by atoms with Crippen molar-refractivity contribution >= 4 is 16.6 Å². The van der Waals surface area contributed by atoms with Gasteiger partial charge in [0.2, 0.25) is 0 Å². The topological polar surface area (TPSA) is 73.7 Å². The summed E-state index contributed by atoms with van der Waals surface area (Å²) >= 11 is 0. The van der Waals surface area contributed by atoms with Crippen LogP contribution in [0.4, 0.5) is 5.69 Å². The van der Waals surface area contributed by atoms with Gasteiger partial charge in [-0.3, -0.25) is 5.10 Å². The van der Waals surface area contributed by atoms with Gasteiger partial charge in [-0.05, 0) is 67.6 Å². The van der Waals surface area contributed by atoms with Crippen LogP contribution in [0.1, 0.15) is 58.0 Å². The predicted octanol–water partition coefficient (Wildman–Crippen LogP) is 5.76. The summed E-state index contributed by atoms with van der Waals surface area (Å²) in [5.41, 5.74) is 6.21. The fourth-order valence-electron chi connectivity index (χ4n) is 3.67. The summed E-state index contributed by atoms with van der Waals surface area (Å²) in [5.74, 6) is 0.649. The average molecular weight is 367 g/mol. The summed E-state index contributed by atoms with van der Waals surface area (Å²) in [4.78, 5) is 0. The van der Waals surface area contributed by atoms with Crippen molar-refractivity contribution in [1.82, 2.24) is 10.2 Å². The second-order valence-electron chi connectivity index (χ2n) is 6.53. The van der Waals surface area contributed by atoms with Gasteiger partial charge in [0.1, 0.15) is 11.8 Å². The van der Waals surface area contributed by atoms with Crippen LogP contribution < -0.4 is 10.1 Å². The molecule has 1 aliphatic rings. The normalized spacial score (nSPS) is 15.3. The van der Waals surface area contributed by atoms with Crippen molar-refractivity contribution in [3.63, 3.8) is 0 Å². The lowest BCUT2D eigenvalue weighted by molar-refractivity contribution is 0.411. The van der Waals surface area contributed by atoms with Crippen molar-refractivity contribution in [2.75, 3.05) is 12.4 Å². The number of ether oxygens (including phenoxy) is 1. The van der Waals surface area contributed by atoms with Crippen LogP contribution in [0.15, 0.2) is 30.3 Å². The van der Waals surface area contributed by atoms with Crippen LogP contribution in [0.5, 0.6) is 5.75 Å². The van der Waals surface area contributed by atoms with Crippen molar-refractivity contribution in [3.05, 3.63) is 52.7 Å². The highest BCUT2D eigenvalue weighted by Gasteiger charge is 2.22. The number of rotatable bonds is 3. The first-order valence-electron chi connectivity index (χ1n) is 9.52. The molecule has 1 aliphatic carbocycles. The zero-order chi connectivity index (χ0) is 19.4. The lowest BCUT2D eigenvalue weighted by atomic mass is 9.86. The summed E-state index contributed by atoms with van der Waals surface area (Å²) in [5, 5.41) is 21.4. The molecule has 27 heavy (non-hydrogen) atoms. The van der Waals surface area contributed by atoms with Crippen molar-refractivity contribution in [3.8, 4) is 11.8 Å². The number of nitrogens with zero attached hydrogens (tertiary/aromatic N) is 2. The third-order valence-electron chi connectivity index (χ3n) is 4.98. The van der Waals surface area contributed by atoms with Gasteiger partial charge < -0.3 is 10.1 Å².